The highest BCUT2D eigenvalue weighted by atomic mass is 32.2. The molecule has 1 heterocycles. The molecular formula is C21H26O5S2. The Morgan fingerprint density at radius 1 is 0.929 bits per heavy atom. The second kappa shape index (κ2) is 9.31. The molecule has 0 spiro atoms. The Kier molecular flexibility index (Phi) is 7.04. The molecule has 7 heteroatoms. The van der Waals surface area contributed by atoms with Gasteiger partial charge in [-0.1, -0.05) is 18.2 Å². The van der Waals surface area contributed by atoms with Gasteiger partial charge in [0.1, 0.15) is 15.9 Å². The van der Waals surface area contributed by atoms with E-state index in [0.29, 0.717) is 17.2 Å². The first-order chi connectivity index (χ1) is 13.6. The maximum atomic E-state index is 11.5. The summed E-state index contributed by atoms with van der Waals surface area (Å²) in [4.78, 5) is 0. The fourth-order valence-electron chi connectivity index (χ4n) is 3.36. The third kappa shape index (κ3) is 3.94. The summed E-state index contributed by atoms with van der Waals surface area (Å²) in [6, 6.07) is 11.3. The number of aliphatic hydroxyl groups excluding tert-OH is 2. The molecule has 3 rings (SSSR count). The van der Waals surface area contributed by atoms with Crippen LogP contribution in [0.3, 0.4) is 0 Å². The third-order valence-corrected chi connectivity index (χ3v) is 8.33. The molecule has 2 aromatic rings. The highest BCUT2D eigenvalue weighted by Gasteiger charge is 2.44. The third-order valence-electron chi connectivity index (χ3n) is 4.86. The molecule has 1 aliphatic rings. The minimum atomic E-state index is -0.757. The molecule has 1 aliphatic heterocycles. The van der Waals surface area contributed by atoms with E-state index in [9.17, 15) is 10.2 Å². The van der Waals surface area contributed by atoms with Crippen molar-refractivity contribution in [1.82, 2.24) is 0 Å². The molecule has 1 saturated heterocycles. The number of ether oxygens (including phenoxy) is 3. The van der Waals surface area contributed by atoms with Gasteiger partial charge in [0.25, 0.3) is 0 Å². The zero-order valence-corrected chi connectivity index (χ0v) is 17.9. The summed E-state index contributed by atoms with van der Waals surface area (Å²) < 4.78 is 15.6. The number of aliphatic hydroxyl groups is 2. The molecule has 0 aliphatic carbocycles. The summed E-state index contributed by atoms with van der Waals surface area (Å²) in [5.41, 5.74) is 2.47. The highest BCUT2D eigenvalue weighted by molar-refractivity contribution is 8.18. The van der Waals surface area contributed by atoms with Crippen LogP contribution in [0.15, 0.2) is 36.4 Å². The topological polar surface area (TPSA) is 68.2 Å². The SMILES string of the molecule is COc1cc(C2(C(O)c3ccc(OC)c(OC)c3)SCCCS2)ccc1CO. The summed E-state index contributed by atoms with van der Waals surface area (Å²) in [6.45, 7) is -0.0883. The summed E-state index contributed by atoms with van der Waals surface area (Å²) in [6.07, 6.45) is 0.342. The van der Waals surface area contributed by atoms with E-state index in [1.165, 1.54) is 0 Å². The van der Waals surface area contributed by atoms with Crippen molar-refractivity contribution < 1.29 is 24.4 Å². The summed E-state index contributed by atoms with van der Waals surface area (Å²) in [5.74, 6) is 3.77. The van der Waals surface area contributed by atoms with Gasteiger partial charge in [0, 0.05) is 5.56 Å². The van der Waals surface area contributed by atoms with Crippen LogP contribution >= 0.6 is 23.5 Å². The van der Waals surface area contributed by atoms with Crippen LogP contribution in [0.5, 0.6) is 17.2 Å². The Bertz CT molecular complexity index is 805. The lowest BCUT2D eigenvalue weighted by Gasteiger charge is -2.40. The zero-order valence-electron chi connectivity index (χ0n) is 16.3. The number of methoxy groups -OCH3 is 3. The monoisotopic (exact) mass is 422 g/mol. The van der Waals surface area contributed by atoms with Gasteiger partial charge in [0.15, 0.2) is 11.5 Å². The van der Waals surface area contributed by atoms with Gasteiger partial charge in [-0.3, -0.25) is 0 Å². The Morgan fingerprint density at radius 2 is 1.61 bits per heavy atom. The van der Waals surface area contributed by atoms with Crippen molar-refractivity contribution in [3.8, 4) is 17.2 Å². The number of thioether (sulfide) groups is 2. The smallest absolute Gasteiger partial charge is 0.161 e. The van der Waals surface area contributed by atoms with E-state index in [4.69, 9.17) is 14.2 Å². The van der Waals surface area contributed by atoms with Crippen LogP contribution in [-0.4, -0.2) is 43.0 Å². The predicted molar refractivity (Wildman–Crippen MR) is 115 cm³/mol. The van der Waals surface area contributed by atoms with E-state index < -0.39 is 10.2 Å². The van der Waals surface area contributed by atoms with E-state index in [-0.39, 0.29) is 6.61 Å². The molecule has 2 aromatic carbocycles. The first kappa shape index (κ1) is 21.2. The molecule has 0 amide bonds. The van der Waals surface area contributed by atoms with Gasteiger partial charge in [-0.2, -0.15) is 0 Å². The predicted octanol–water partition coefficient (Wildman–Crippen LogP) is 3.96. The quantitative estimate of drug-likeness (QED) is 0.700. The minimum Gasteiger partial charge on any atom is -0.496 e. The minimum absolute atomic E-state index is 0.0883. The molecular weight excluding hydrogens is 396 g/mol. The van der Waals surface area contributed by atoms with Gasteiger partial charge < -0.3 is 24.4 Å². The van der Waals surface area contributed by atoms with E-state index in [2.05, 4.69) is 0 Å². The molecule has 152 valence electrons. The summed E-state index contributed by atoms with van der Waals surface area (Å²) >= 11 is 3.49. The molecule has 0 radical (unpaired) electrons. The molecule has 1 fully saturated rings. The van der Waals surface area contributed by atoms with E-state index in [0.717, 1.165) is 34.6 Å². The Hall–Kier alpha value is -1.54. The zero-order chi connectivity index (χ0) is 20.1. The first-order valence-electron chi connectivity index (χ1n) is 9.05. The molecule has 0 bridgehead atoms. The second-order valence-corrected chi connectivity index (χ2v) is 9.36. The van der Waals surface area contributed by atoms with Gasteiger partial charge in [0.2, 0.25) is 0 Å². The number of hydrogen-bond donors (Lipinski definition) is 2. The lowest BCUT2D eigenvalue weighted by atomic mass is 9.98. The summed E-state index contributed by atoms with van der Waals surface area (Å²) in [5, 5.41) is 21.0. The maximum Gasteiger partial charge on any atom is 0.161 e. The normalized spacial score (nSPS) is 17.0. The van der Waals surface area contributed by atoms with Gasteiger partial charge in [-0.15, -0.1) is 23.5 Å². The molecule has 2 N–H and O–H groups in total. The average Bonchev–Trinajstić information content (AvgIpc) is 2.77. The van der Waals surface area contributed by atoms with Crippen molar-refractivity contribution in [3.05, 3.63) is 53.1 Å². The number of rotatable bonds is 7. The molecule has 1 atom stereocenters. The lowest BCUT2D eigenvalue weighted by Crippen LogP contribution is -2.30. The lowest BCUT2D eigenvalue weighted by molar-refractivity contribution is 0.162. The van der Waals surface area contributed by atoms with E-state index >= 15 is 0 Å². The van der Waals surface area contributed by atoms with Crippen molar-refractivity contribution in [2.75, 3.05) is 32.8 Å². The first-order valence-corrected chi connectivity index (χ1v) is 11.0. The van der Waals surface area contributed by atoms with Crippen LogP contribution < -0.4 is 14.2 Å². The fraction of sp³-hybridized carbons (Fsp3) is 0.429. The van der Waals surface area contributed by atoms with Gasteiger partial charge in [-0.25, -0.2) is 0 Å². The summed E-state index contributed by atoms with van der Waals surface area (Å²) in [7, 11) is 4.78. The number of hydrogen-bond acceptors (Lipinski definition) is 7. The van der Waals surface area contributed by atoms with E-state index in [1.54, 1.807) is 44.9 Å². The molecule has 1 unspecified atom stereocenters. The van der Waals surface area contributed by atoms with Crippen molar-refractivity contribution in [2.45, 2.75) is 23.2 Å². The Labute approximate surface area is 174 Å². The van der Waals surface area contributed by atoms with Crippen molar-refractivity contribution in [3.63, 3.8) is 0 Å². The fourth-order valence-corrected chi connectivity index (χ4v) is 6.74. The van der Waals surface area contributed by atoms with Crippen molar-refractivity contribution in [1.29, 1.82) is 0 Å². The van der Waals surface area contributed by atoms with Crippen LogP contribution in [0.2, 0.25) is 0 Å². The Morgan fingerprint density at radius 3 is 2.21 bits per heavy atom. The van der Waals surface area contributed by atoms with Crippen LogP contribution in [-0.2, 0) is 10.7 Å². The van der Waals surface area contributed by atoms with Crippen LogP contribution in [0.4, 0.5) is 0 Å². The molecule has 5 nitrogen and oxygen atoms in total. The Balaban J connectivity index is 2.07. The molecule has 28 heavy (non-hydrogen) atoms. The molecule has 0 saturated carbocycles. The number of benzene rings is 2. The van der Waals surface area contributed by atoms with Crippen molar-refractivity contribution in [2.24, 2.45) is 0 Å². The van der Waals surface area contributed by atoms with Gasteiger partial charge in [-0.05, 0) is 47.3 Å². The average molecular weight is 423 g/mol. The highest BCUT2D eigenvalue weighted by Crippen LogP contribution is 2.58. The maximum absolute atomic E-state index is 11.5. The van der Waals surface area contributed by atoms with Gasteiger partial charge >= 0.3 is 0 Å². The van der Waals surface area contributed by atoms with Crippen molar-refractivity contribution >= 4 is 23.5 Å². The largest absolute Gasteiger partial charge is 0.496 e. The van der Waals surface area contributed by atoms with Gasteiger partial charge in [0.05, 0.1) is 27.9 Å². The standard InChI is InChI=1S/C21H26O5S2/c1-24-17-8-6-14(11-19(17)26-3)20(23)21(27-9-4-10-28-21)16-7-5-15(13-22)18(12-16)25-2/h5-8,11-12,20,22-23H,4,9-10,13H2,1-3H3. The van der Waals surface area contributed by atoms with Crippen LogP contribution in [0.25, 0.3) is 0 Å². The van der Waals surface area contributed by atoms with E-state index in [1.807, 2.05) is 36.4 Å². The van der Waals surface area contributed by atoms with Crippen LogP contribution in [0.1, 0.15) is 29.2 Å². The second-order valence-electron chi connectivity index (χ2n) is 6.42. The molecule has 0 aromatic heterocycles. The van der Waals surface area contributed by atoms with Crippen LogP contribution in [0, 0.1) is 0 Å².